The Labute approximate surface area is 156 Å². The van der Waals surface area contributed by atoms with Crippen LogP contribution in [0.3, 0.4) is 0 Å². The zero-order chi connectivity index (χ0) is 18.4. The number of allylic oxidation sites excluding steroid dienone is 1. The van der Waals surface area contributed by atoms with Gasteiger partial charge in [0, 0.05) is 10.6 Å². The van der Waals surface area contributed by atoms with E-state index in [1.54, 1.807) is 18.2 Å². The second-order valence-corrected chi connectivity index (χ2v) is 6.04. The Morgan fingerprint density at radius 3 is 2.50 bits per heavy atom. The first-order valence-electron chi connectivity index (χ1n) is 8.00. The van der Waals surface area contributed by atoms with Crippen molar-refractivity contribution in [3.63, 3.8) is 0 Å². The van der Waals surface area contributed by atoms with Gasteiger partial charge in [-0.25, -0.2) is 4.39 Å². The molecule has 3 aromatic rings. The minimum atomic E-state index is -0.369. The molecule has 0 saturated heterocycles. The van der Waals surface area contributed by atoms with Crippen LogP contribution in [0.2, 0.25) is 5.02 Å². The average molecular weight is 364 g/mol. The standard InChI is InChI=1S/C22H15ClFNO/c23-22-7-2-1-4-18(22)15-26-21-10-8-16(9-11-21)12-19(14-25)17-5-3-6-20(24)13-17/h1-13H,15H2/b19-12-. The summed E-state index contributed by atoms with van der Waals surface area (Å²) >= 11 is 6.11. The molecule has 26 heavy (non-hydrogen) atoms. The third kappa shape index (κ3) is 4.50. The van der Waals surface area contributed by atoms with Gasteiger partial charge in [0.2, 0.25) is 0 Å². The molecule has 0 radical (unpaired) electrons. The fraction of sp³-hybridized carbons (Fsp3) is 0.0455. The van der Waals surface area contributed by atoms with E-state index in [0.29, 0.717) is 28.5 Å². The van der Waals surface area contributed by atoms with E-state index in [-0.39, 0.29) is 5.82 Å². The summed E-state index contributed by atoms with van der Waals surface area (Å²) in [6.07, 6.45) is 1.71. The highest BCUT2D eigenvalue weighted by atomic mass is 35.5. The molecule has 0 aliphatic rings. The van der Waals surface area contributed by atoms with E-state index in [9.17, 15) is 9.65 Å². The number of nitrogens with zero attached hydrogens (tertiary/aromatic N) is 1. The second-order valence-electron chi connectivity index (χ2n) is 5.63. The van der Waals surface area contributed by atoms with Crippen LogP contribution in [0.25, 0.3) is 11.6 Å². The van der Waals surface area contributed by atoms with E-state index in [2.05, 4.69) is 6.07 Å². The molecule has 4 heteroatoms. The van der Waals surface area contributed by atoms with Gasteiger partial charge in [-0.05, 0) is 47.5 Å². The van der Waals surface area contributed by atoms with Gasteiger partial charge in [-0.3, -0.25) is 0 Å². The zero-order valence-corrected chi connectivity index (χ0v) is 14.6. The summed E-state index contributed by atoms with van der Waals surface area (Å²) < 4.78 is 19.1. The number of hydrogen-bond donors (Lipinski definition) is 0. The van der Waals surface area contributed by atoms with Gasteiger partial charge < -0.3 is 4.74 Å². The van der Waals surface area contributed by atoms with Gasteiger partial charge in [0.1, 0.15) is 18.2 Å². The summed E-state index contributed by atoms with van der Waals surface area (Å²) in [4.78, 5) is 0. The fourth-order valence-electron chi connectivity index (χ4n) is 2.44. The Balaban J connectivity index is 1.73. The van der Waals surface area contributed by atoms with E-state index < -0.39 is 0 Å². The SMILES string of the molecule is N#C/C(=C/c1ccc(OCc2ccccc2Cl)cc1)c1cccc(F)c1. The lowest BCUT2D eigenvalue weighted by atomic mass is 10.0. The van der Waals surface area contributed by atoms with Crippen molar-refractivity contribution in [3.05, 3.63) is 100 Å². The molecule has 0 heterocycles. The van der Waals surface area contributed by atoms with Gasteiger partial charge in [0.25, 0.3) is 0 Å². The van der Waals surface area contributed by atoms with Gasteiger partial charge in [-0.15, -0.1) is 0 Å². The van der Waals surface area contributed by atoms with Crippen molar-refractivity contribution in [2.45, 2.75) is 6.61 Å². The molecule has 3 rings (SSSR count). The van der Waals surface area contributed by atoms with Gasteiger partial charge in [-0.2, -0.15) is 5.26 Å². The van der Waals surface area contributed by atoms with Crippen LogP contribution in [0.15, 0.2) is 72.8 Å². The molecule has 0 N–H and O–H groups in total. The number of ether oxygens (including phenoxy) is 1. The van der Waals surface area contributed by atoms with Gasteiger partial charge in [-0.1, -0.05) is 54.1 Å². The molecule has 0 aliphatic heterocycles. The highest BCUT2D eigenvalue weighted by molar-refractivity contribution is 6.31. The Kier molecular flexibility index (Phi) is 5.68. The molecular weight excluding hydrogens is 349 g/mol. The smallest absolute Gasteiger partial charge is 0.123 e. The van der Waals surface area contributed by atoms with Crippen LogP contribution in [0.4, 0.5) is 4.39 Å². The first kappa shape index (κ1) is 17.7. The van der Waals surface area contributed by atoms with Crippen molar-refractivity contribution in [2.75, 3.05) is 0 Å². The Morgan fingerprint density at radius 1 is 1.04 bits per heavy atom. The maximum absolute atomic E-state index is 13.3. The van der Waals surface area contributed by atoms with Crippen molar-refractivity contribution in [3.8, 4) is 11.8 Å². The van der Waals surface area contributed by atoms with E-state index >= 15 is 0 Å². The van der Waals surface area contributed by atoms with Crippen LogP contribution < -0.4 is 4.74 Å². The van der Waals surface area contributed by atoms with Gasteiger partial charge in [0.15, 0.2) is 0 Å². The topological polar surface area (TPSA) is 33.0 Å². The first-order valence-corrected chi connectivity index (χ1v) is 8.37. The second kappa shape index (κ2) is 8.33. The largest absolute Gasteiger partial charge is 0.489 e. The molecule has 0 aliphatic carbocycles. The molecule has 0 unspecified atom stereocenters. The molecule has 0 fully saturated rings. The number of rotatable bonds is 5. The zero-order valence-electron chi connectivity index (χ0n) is 13.8. The lowest BCUT2D eigenvalue weighted by Gasteiger charge is -2.08. The summed E-state index contributed by atoms with van der Waals surface area (Å²) in [5.74, 6) is 0.332. The Hall–Kier alpha value is -3.09. The lowest BCUT2D eigenvalue weighted by Crippen LogP contribution is -1.95. The minimum Gasteiger partial charge on any atom is -0.489 e. The summed E-state index contributed by atoms with van der Waals surface area (Å²) in [6, 6.07) is 23.0. The molecule has 0 atom stereocenters. The van der Waals surface area contributed by atoms with Crippen LogP contribution in [0, 0.1) is 17.1 Å². The van der Waals surface area contributed by atoms with Crippen molar-refractivity contribution in [2.24, 2.45) is 0 Å². The highest BCUT2D eigenvalue weighted by Gasteiger charge is 2.04. The molecule has 0 saturated carbocycles. The molecule has 2 nitrogen and oxygen atoms in total. The number of benzene rings is 3. The third-order valence-corrected chi connectivity index (χ3v) is 4.17. The van der Waals surface area contributed by atoms with Crippen molar-refractivity contribution < 1.29 is 9.13 Å². The molecule has 0 spiro atoms. The van der Waals surface area contributed by atoms with Crippen LogP contribution in [-0.4, -0.2) is 0 Å². The van der Waals surface area contributed by atoms with Gasteiger partial charge >= 0.3 is 0 Å². The van der Waals surface area contributed by atoms with Crippen LogP contribution in [-0.2, 0) is 6.61 Å². The lowest BCUT2D eigenvalue weighted by molar-refractivity contribution is 0.306. The summed E-state index contributed by atoms with van der Waals surface area (Å²) in [5, 5.41) is 10.0. The van der Waals surface area contributed by atoms with Crippen molar-refractivity contribution in [1.29, 1.82) is 5.26 Å². The average Bonchev–Trinajstić information content (AvgIpc) is 2.66. The molecule has 128 valence electrons. The third-order valence-electron chi connectivity index (χ3n) is 3.80. The molecule has 0 aromatic heterocycles. The molecular formula is C22H15ClFNO. The number of hydrogen-bond acceptors (Lipinski definition) is 2. The number of nitriles is 1. The van der Waals surface area contributed by atoms with Crippen LogP contribution >= 0.6 is 11.6 Å². The van der Waals surface area contributed by atoms with Crippen LogP contribution in [0.5, 0.6) is 5.75 Å². The van der Waals surface area contributed by atoms with E-state index in [4.69, 9.17) is 16.3 Å². The van der Waals surface area contributed by atoms with E-state index in [0.717, 1.165) is 11.1 Å². The summed E-state index contributed by atoms with van der Waals surface area (Å²) in [7, 11) is 0. The molecule has 3 aromatic carbocycles. The monoisotopic (exact) mass is 363 g/mol. The molecule has 0 amide bonds. The van der Waals surface area contributed by atoms with E-state index in [1.165, 1.54) is 12.1 Å². The van der Waals surface area contributed by atoms with Gasteiger partial charge in [0.05, 0.1) is 11.6 Å². The predicted molar refractivity (Wildman–Crippen MR) is 102 cm³/mol. The first-order chi connectivity index (χ1) is 12.7. The maximum atomic E-state index is 13.3. The number of halogens is 2. The highest BCUT2D eigenvalue weighted by Crippen LogP contribution is 2.22. The summed E-state index contributed by atoms with van der Waals surface area (Å²) in [5.41, 5.74) is 2.69. The summed E-state index contributed by atoms with van der Waals surface area (Å²) in [6.45, 7) is 0.377. The van der Waals surface area contributed by atoms with Crippen molar-refractivity contribution in [1.82, 2.24) is 0 Å². The maximum Gasteiger partial charge on any atom is 0.123 e. The minimum absolute atomic E-state index is 0.369. The van der Waals surface area contributed by atoms with Crippen molar-refractivity contribution >= 4 is 23.3 Å². The Bertz CT molecular complexity index is 974. The Morgan fingerprint density at radius 2 is 1.81 bits per heavy atom. The predicted octanol–water partition coefficient (Wildman–Crippen LogP) is 6.12. The van der Waals surface area contributed by atoms with Crippen LogP contribution in [0.1, 0.15) is 16.7 Å². The van der Waals surface area contributed by atoms with E-state index in [1.807, 2.05) is 48.5 Å². The fourth-order valence-corrected chi connectivity index (χ4v) is 2.63. The normalized spacial score (nSPS) is 11.0. The quantitative estimate of drug-likeness (QED) is 0.404. The molecule has 0 bridgehead atoms.